The number of hydrogen-bond donors (Lipinski definition) is 0. The van der Waals surface area contributed by atoms with E-state index in [0.717, 1.165) is 5.75 Å². The molecule has 1 saturated carbocycles. The molecule has 1 aromatic carbocycles. The van der Waals surface area contributed by atoms with Gasteiger partial charge in [0.2, 0.25) is 0 Å². The minimum Gasteiger partial charge on any atom is -0.490 e. The van der Waals surface area contributed by atoms with Gasteiger partial charge in [-0.15, -0.1) is 0 Å². The SMILES string of the molecule is [c]1cccc(OC2CC2)c1. The average Bonchev–Trinajstić information content (AvgIpc) is 2.74. The molecule has 1 fully saturated rings. The molecule has 1 heteroatoms. The summed E-state index contributed by atoms with van der Waals surface area (Å²) in [4.78, 5) is 0. The van der Waals surface area contributed by atoms with Gasteiger partial charge in [-0.05, 0) is 31.0 Å². The monoisotopic (exact) mass is 133 g/mol. The van der Waals surface area contributed by atoms with Crippen LogP contribution in [0.5, 0.6) is 5.75 Å². The maximum Gasteiger partial charge on any atom is 0.120 e. The Bertz CT molecular complexity index is 201. The van der Waals surface area contributed by atoms with Gasteiger partial charge in [0.15, 0.2) is 0 Å². The molecule has 0 amide bonds. The lowest BCUT2D eigenvalue weighted by molar-refractivity contribution is 0.303. The second kappa shape index (κ2) is 2.33. The zero-order chi connectivity index (χ0) is 6.81. The number of rotatable bonds is 2. The lowest BCUT2D eigenvalue weighted by atomic mass is 10.3. The van der Waals surface area contributed by atoms with Crippen LogP contribution in [0, 0.1) is 6.07 Å². The Morgan fingerprint density at radius 2 is 2.40 bits per heavy atom. The topological polar surface area (TPSA) is 9.23 Å². The molecule has 0 unspecified atom stereocenters. The van der Waals surface area contributed by atoms with Crippen LogP contribution in [-0.4, -0.2) is 6.10 Å². The highest BCUT2D eigenvalue weighted by atomic mass is 16.5. The van der Waals surface area contributed by atoms with Crippen LogP contribution in [0.4, 0.5) is 0 Å². The summed E-state index contributed by atoms with van der Waals surface area (Å²) in [5, 5.41) is 0. The zero-order valence-corrected chi connectivity index (χ0v) is 5.71. The van der Waals surface area contributed by atoms with Gasteiger partial charge in [0.1, 0.15) is 5.75 Å². The fourth-order valence-corrected chi connectivity index (χ4v) is 0.829. The molecule has 1 aromatic rings. The van der Waals surface area contributed by atoms with Crippen molar-refractivity contribution in [3.8, 4) is 5.75 Å². The average molecular weight is 133 g/mol. The first-order valence-corrected chi connectivity index (χ1v) is 3.58. The highest BCUT2D eigenvalue weighted by Gasteiger charge is 2.22. The summed E-state index contributed by atoms with van der Waals surface area (Å²) >= 11 is 0. The van der Waals surface area contributed by atoms with Crippen molar-refractivity contribution in [2.24, 2.45) is 0 Å². The highest BCUT2D eigenvalue weighted by molar-refractivity contribution is 5.20. The van der Waals surface area contributed by atoms with Crippen LogP contribution in [0.2, 0.25) is 0 Å². The molecule has 10 heavy (non-hydrogen) atoms. The van der Waals surface area contributed by atoms with Gasteiger partial charge in [-0.25, -0.2) is 0 Å². The van der Waals surface area contributed by atoms with E-state index >= 15 is 0 Å². The summed E-state index contributed by atoms with van der Waals surface area (Å²) in [6, 6.07) is 10.6. The quantitative estimate of drug-likeness (QED) is 0.599. The molecule has 1 radical (unpaired) electrons. The molecule has 1 aliphatic carbocycles. The van der Waals surface area contributed by atoms with Crippen molar-refractivity contribution in [3.63, 3.8) is 0 Å². The van der Waals surface area contributed by atoms with Gasteiger partial charge in [-0.2, -0.15) is 0 Å². The lowest BCUT2D eigenvalue weighted by Gasteiger charge is -2.00. The minimum atomic E-state index is 0.496. The molecule has 2 rings (SSSR count). The third-order valence-electron chi connectivity index (χ3n) is 1.51. The Balaban J connectivity index is 2.03. The number of benzene rings is 1. The highest BCUT2D eigenvalue weighted by Crippen LogP contribution is 2.25. The van der Waals surface area contributed by atoms with Crippen LogP contribution in [0.3, 0.4) is 0 Å². The first-order valence-electron chi connectivity index (χ1n) is 3.58. The van der Waals surface area contributed by atoms with Gasteiger partial charge in [0, 0.05) is 0 Å². The third-order valence-corrected chi connectivity index (χ3v) is 1.51. The molecular weight excluding hydrogens is 124 g/mol. The predicted octanol–water partition coefficient (Wildman–Crippen LogP) is 2.03. The molecular formula is C9H9O. The van der Waals surface area contributed by atoms with Crippen molar-refractivity contribution < 1.29 is 4.74 Å². The zero-order valence-electron chi connectivity index (χ0n) is 5.71. The fraction of sp³-hybridized carbons (Fsp3) is 0.333. The minimum absolute atomic E-state index is 0.496. The standard InChI is InChI=1S/C9H9O/c1-2-4-8(5-3-1)10-9-6-7-9/h1-2,4-5,9H,6-7H2. The van der Waals surface area contributed by atoms with Crippen molar-refractivity contribution in [3.05, 3.63) is 30.3 Å². The van der Waals surface area contributed by atoms with E-state index in [2.05, 4.69) is 6.07 Å². The number of hydrogen-bond acceptors (Lipinski definition) is 1. The van der Waals surface area contributed by atoms with Crippen molar-refractivity contribution >= 4 is 0 Å². The van der Waals surface area contributed by atoms with E-state index in [1.54, 1.807) is 0 Å². The van der Waals surface area contributed by atoms with E-state index in [4.69, 9.17) is 4.74 Å². The van der Waals surface area contributed by atoms with E-state index in [1.807, 2.05) is 24.3 Å². The predicted molar refractivity (Wildman–Crippen MR) is 38.9 cm³/mol. The van der Waals surface area contributed by atoms with Gasteiger partial charge < -0.3 is 4.74 Å². The first-order chi connectivity index (χ1) is 4.95. The summed E-state index contributed by atoms with van der Waals surface area (Å²) in [5.74, 6) is 0.949. The van der Waals surface area contributed by atoms with Crippen LogP contribution < -0.4 is 4.74 Å². The summed E-state index contributed by atoms with van der Waals surface area (Å²) in [6.07, 6.45) is 2.93. The van der Waals surface area contributed by atoms with Crippen LogP contribution in [-0.2, 0) is 0 Å². The van der Waals surface area contributed by atoms with Gasteiger partial charge >= 0.3 is 0 Å². The first kappa shape index (κ1) is 5.78. The molecule has 1 nitrogen and oxygen atoms in total. The molecule has 0 spiro atoms. The summed E-state index contributed by atoms with van der Waals surface area (Å²) in [6.45, 7) is 0. The van der Waals surface area contributed by atoms with Crippen LogP contribution in [0.25, 0.3) is 0 Å². The van der Waals surface area contributed by atoms with E-state index in [0.29, 0.717) is 6.10 Å². The van der Waals surface area contributed by atoms with E-state index < -0.39 is 0 Å². The van der Waals surface area contributed by atoms with Crippen molar-refractivity contribution in [1.29, 1.82) is 0 Å². The summed E-state index contributed by atoms with van der Waals surface area (Å²) < 4.78 is 5.49. The van der Waals surface area contributed by atoms with Crippen LogP contribution in [0.15, 0.2) is 24.3 Å². The van der Waals surface area contributed by atoms with Crippen molar-refractivity contribution in [2.75, 3.05) is 0 Å². The van der Waals surface area contributed by atoms with Crippen LogP contribution in [0.1, 0.15) is 12.8 Å². The van der Waals surface area contributed by atoms with E-state index in [9.17, 15) is 0 Å². The second-order valence-electron chi connectivity index (χ2n) is 2.56. The molecule has 51 valence electrons. The summed E-state index contributed by atoms with van der Waals surface area (Å²) in [5.41, 5.74) is 0. The molecule has 1 aliphatic rings. The fourth-order valence-electron chi connectivity index (χ4n) is 0.829. The van der Waals surface area contributed by atoms with Crippen molar-refractivity contribution in [2.45, 2.75) is 18.9 Å². The molecule has 0 N–H and O–H groups in total. The van der Waals surface area contributed by atoms with E-state index in [1.165, 1.54) is 12.8 Å². The van der Waals surface area contributed by atoms with E-state index in [-0.39, 0.29) is 0 Å². The van der Waals surface area contributed by atoms with Gasteiger partial charge in [-0.3, -0.25) is 0 Å². The molecule has 0 heterocycles. The lowest BCUT2D eigenvalue weighted by Crippen LogP contribution is -1.94. The molecule has 0 atom stereocenters. The number of ether oxygens (including phenoxy) is 1. The van der Waals surface area contributed by atoms with Gasteiger partial charge in [0.25, 0.3) is 0 Å². The van der Waals surface area contributed by atoms with Crippen LogP contribution >= 0.6 is 0 Å². The molecule has 0 bridgehead atoms. The van der Waals surface area contributed by atoms with Gasteiger partial charge in [0.05, 0.1) is 6.10 Å². The normalized spacial score (nSPS) is 16.8. The smallest absolute Gasteiger partial charge is 0.120 e. The third kappa shape index (κ3) is 1.29. The Kier molecular flexibility index (Phi) is 1.35. The van der Waals surface area contributed by atoms with Gasteiger partial charge in [-0.1, -0.05) is 12.1 Å². The Labute approximate surface area is 60.6 Å². The maximum atomic E-state index is 5.49. The maximum absolute atomic E-state index is 5.49. The molecule has 0 aliphatic heterocycles. The molecule has 0 saturated heterocycles. The Morgan fingerprint density at radius 1 is 1.50 bits per heavy atom. The Hall–Kier alpha value is -0.980. The largest absolute Gasteiger partial charge is 0.490 e. The molecule has 0 aromatic heterocycles. The second-order valence-corrected chi connectivity index (χ2v) is 2.56. The summed E-state index contributed by atoms with van der Waals surface area (Å²) in [7, 11) is 0. The van der Waals surface area contributed by atoms with Crippen molar-refractivity contribution in [1.82, 2.24) is 0 Å². The Morgan fingerprint density at radius 3 is 3.00 bits per heavy atom.